The lowest BCUT2D eigenvalue weighted by molar-refractivity contribution is 0.511. The van der Waals surface area contributed by atoms with E-state index in [-0.39, 0.29) is 23.1 Å². The maximum absolute atomic E-state index is 7.15. The van der Waals surface area contributed by atoms with Crippen molar-refractivity contribution in [3.63, 3.8) is 0 Å². The summed E-state index contributed by atoms with van der Waals surface area (Å²) in [5.74, 6) is 0. The highest BCUT2D eigenvalue weighted by Gasteiger charge is 1.34. The Labute approximate surface area is 61.0 Å². The van der Waals surface area contributed by atoms with E-state index in [9.17, 15) is 0 Å². The zero-order chi connectivity index (χ0) is 5.41. The van der Waals surface area contributed by atoms with Crippen molar-refractivity contribution < 1.29 is 19.6 Å². The third-order valence-corrected chi connectivity index (χ3v) is 0. The van der Waals surface area contributed by atoms with Crippen LogP contribution >= 0.6 is 18.1 Å². The standard InChI is InChI=1S/Mg.2H3O2P/c;2*1-3-2/h;2*1-3H. The highest BCUT2D eigenvalue weighted by Crippen LogP contribution is 1.82. The van der Waals surface area contributed by atoms with E-state index >= 15 is 0 Å². The highest BCUT2D eigenvalue weighted by molar-refractivity contribution is 7.23. The van der Waals surface area contributed by atoms with Gasteiger partial charge in [-0.15, -0.1) is 0 Å². The van der Waals surface area contributed by atoms with E-state index in [2.05, 4.69) is 0 Å². The summed E-state index contributed by atoms with van der Waals surface area (Å²) in [5.41, 5.74) is 0. The van der Waals surface area contributed by atoms with Gasteiger partial charge in [0.1, 0.15) is 18.1 Å². The number of rotatable bonds is 0. The van der Waals surface area contributed by atoms with Gasteiger partial charge in [0.05, 0.1) is 0 Å². The Morgan fingerprint density at radius 1 is 0.714 bits per heavy atom. The maximum Gasteiger partial charge on any atom is 0.149 e. The van der Waals surface area contributed by atoms with Gasteiger partial charge in [0.2, 0.25) is 0 Å². The van der Waals surface area contributed by atoms with Crippen molar-refractivity contribution in [2.45, 2.75) is 0 Å². The van der Waals surface area contributed by atoms with Gasteiger partial charge in [0.25, 0.3) is 0 Å². The largest absolute Gasteiger partial charge is 0.352 e. The van der Waals surface area contributed by atoms with Crippen LogP contribution in [0.5, 0.6) is 0 Å². The number of hydrogen-bond acceptors (Lipinski definition) is 4. The monoisotopic (exact) mass is 156 g/mol. The molecule has 0 aromatic rings. The van der Waals surface area contributed by atoms with Crippen LogP contribution in [0.3, 0.4) is 0 Å². The summed E-state index contributed by atoms with van der Waals surface area (Å²) in [6, 6.07) is 0. The molecule has 0 unspecified atom stereocenters. The van der Waals surface area contributed by atoms with Gasteiger partial charge in [-0.3, -0.25) is 0 Å². The first-order valence-electron chi connectivity index (χ1n) is 0.894. The zero-order valence-corrected chi connectivity index (χ0v) is 6.91. The van der Waals surface area contributed by atoms with E-state index < -0.39 is 18.1 Å². The number of hydrogen-bond donors (Lipinski definition) is 4. The molecule has 0 saturated carbocycles. The lowest BCUT2D eigenvalue weighted by Crippen LogP contribution is -1.24. The van der Waals surface area contributed by atoms with Crippen molar-refractivity contribution in [3.8, 4) is 0 Å². The average Bonchev–Trinajstić information content (AvgIpc) is 1.39. The average molecular weight is 156 g/mol. The summed E-state index contributed by atoms with van der Waals surface area (Å²) in [5, 5.41) is 0. The molecule has 0 aliphatic heterocycles. The van der Waals surface area contributed by atoms with E-state index in [0.29, 0.717) is 0 Å². The minimum absolute atomic E-state index is 0. The molecule has 0 aliphatic rings. The van der Waals surface area contributed by atoms with Crippen LogP contribution in [0.1, 0.15) is 0 Å². The summed E-state index contributed by atoms with van der Waals surface area (Å²) in [4.78, 5) is 28.6. The summed E-state index contributed by atoms with van der Waals surface area (Å²) >= 11 is 0. The van der Waals surface area contributed by atoms with Crippen molar-refractivity contribution in [1.29, 1.82) is 0 Å². The second kappa shape index (κ2) is 26.0. The molecular weight excluding hydrogens is 150 g/mol. The fourth-order valence-corrected chi connectivity index (χ4v) is 0. The molecule has 0 spiro atoms. The smallest absolute Gasteiger partial charge is 0.149 e. The molecule has 2 radical (unpaired) electrons. The molecule has 0 aromatic heterocycles. The van der Waals surface area contributed by atoms with Crippen molar-refractivity contribution >= 4 is 41.1 Å². The third kappa shape index (κ3) is 104. The second-order valence-electron chi connectivity index (χ2n) is 0.200. The molecule has 0 saturated heterocycles. The molecule has 7 heteroatoms. The molecular formula is H6MgO4P2. The minimum atomic E-state index is -0.917. The summed E-state index contributed by atoms with van der Waals surface area (Å²) in [6.45, 7) is 0. The predicted molar refractivity (Wildman–Crippen MR) is 31.3 cm³/mol. The first kappa shape index (κ1) is 15.8. The van der Waals surface area contributed by atoms with Gasteiger partial charge in [-0.1, -0.05) is 0 Å². The topological polar surface area (TPSA) is 80.9 Å². The highest BCUT2D eigenvalue weighted by atomic mass is 31.1. The van der Waals surface area contributed by atoms with Crippen molar-refractivity contribution in [1.82, 2.24) is 0 Å². The van der Waals surface area contributed by atoms with Crippen LogP contribution in [0.2, 0.25) is 0 Å². The van der Waals surface area contributed by atoms with Gasteiger partial charge in [0, 0.05) is 23.1 Å². The normalized spacial score (nSPS) is 5.14. The quantitative estimate of drug-likeness (QED) is 0.256. The van der Waals surface area contributed by atoms with Crippen LogP contribution in [0.4, 0.5) is 0 Å². The van der Waals surface area contributed by atoms with Crippen LogP contribution in [-0.4, -0.2) is 42.6 Å². The van der Waals surface area contributed by atoms with Crippen molar-refractivity contribution in [3.05, 3.63) is 0 Å². The summed E-state index contributed by atoms with van der Waals surface area (Å²) in [6.07, 6.45) is 0. The summed E-state index contributed by atoms with van der Waals surface area (Å²) in [7, 11) is -1.83. The molecule has 0 fully saturated rings. The zero-order valence-electron chi connectivity index (χ0n) is 3.50. The molecule has 0 amide bonds. The van der Waals surface area contributed by atoms with Gasteiger partial charge in [0.15, 0.2) is 0 Å². The lowest BCUT2D eigenvalue weighted by atomic mass is 15.9. The van der Waals surface area contributed by atoms with Crippen LogP contribution in [0.15, 0.2) is 0 Å². The molecule has 0 rings (SSSR count). The Hall–Kier alpha value is 1.47. The first-order chi connectivity index (χ1) is 2.83. The Morgan fingerprint density at radius 2 is 0.714 bits per heavy atom. The predicted octanol–water partition coefficient (Wildman–Crippen LogP) is -1.42. The van der Waals surface area contributed by atoms with Gasteiger partial charge < -0.3 is 19.6 Å². The molecule has 0 aromatic carbocycles. The fourth-order valence-electron chi connectivity index (χ4n) is 0. The molecule has 4 N–H and O–H groups in total. The van der Waals surface area contributed by atoms with Crippen molar-refractivity contribution in [2.24, 2.45) is 0 Å². The first-order valence-corrected chi connectivity index (χ1v) is 2.68. The maximum atomic E-state index is 7.15. The fraction of sp³-hybridized carbons (Fsp3) is 0. The van der Waals surface area contributed by atoms with Crippen molar-refractivity contribution in [2.75, 3.05) is 0 Å². The van der Waals surface area contributed by atoms with Crippen LogP contribution in [0, 0.1) is 0 Å². The van der Waals surface area contributed by atoms with Gasteiger partial charge in [-0.2, -0.15) is 0 Å². The summed E-state index contributed by atoms with van der Waals surface area (Å²) < 4.78 is 0. The Morgan fingerprint density at radius 3 is 0.714 bits per heavy atom. The second-order valence-corrected chi connectivity index (χ2v) is 0.600. The Balaban J connectivity index is -0.0000000400. The molecule has 7 heavy (non-hydrogen) atoms. The van der Waals surface area contributed by atoms with Gasteiger partial charge in [-0.05, 0) is 0 Å². The van der Waals surface area contributed by atoms with Gasteiger partial charge in [-0.25, -0.2) is 0 Å². The lowest BCUT2D eigenvalue weighted by Gasteiger charge is -1.54. The molecule has 0 aliphatic carbocycles. The molecule has 0 heterocycles. The Kier molecular flexibility index (Phi) is 58.6. The molecule has 0 bridgehead atoms. The molecule has 42 valence electrons. The minimum Gasteiger partial charge on any atom is -0.352 e. The van der Waals surface area contributed by atoms with Gasteiger partial charge >= 0.3 is 0 Å². The van der Waals surface area contributed by atoms with E-state index in [4.69, 9.17) is 19.6 Å². The Bertz CT molecular complexity index is 11.7. The van der Waals surface area contributed by atoms with E-state index in [1.54, 1.807) is 0 Å². The molecule has 4 nitrogen and oxygen atoms in total. The van der Waals surface area contributed by atoms with E-state index in [1.807, 2.05) is 0 Å². The van der Waals surface area contributed by atoms with Crippen LogP contribution < -0.4 is 0 Å². The van der Waals surface area contributed by atoms with Crippen LogP contribution in [-0.2, 0) is 0 Å². The molecule has 0 atom stereocenters. The van der Waals surface area contributed by atoms with Crippen LogP contribution in [0.25, 0.3) is 0 Å². The van der Waals surface area contributed by atoms with E-state index in [1.165, 1.54) is 0 Å². The third-order valence-electron chi connectivity index (χ3n) is 0. The SMILES string of the molecule is OPO.OPO.[Mg]. The van der Waals surface area contributed by atoms with E-state index in [0.717, 1.165) is 0 Å².